The molecule has 1 atom stereocenters. The molecular weight excluding hydrogens is 344 g/mol. The number of carbonyl (C=O) groups excluding carboxylic acids is 1. The van der Waals surface area contributed by atoms with Crippen molar-refractivity contribution in [3.05, 3.63) is 65.7 Å². The van der Waals surface area contributed by atoms with Crippen LogP contribution in [-0.4, -0.2) is 17.7 Å². The van der Waals surface area contributed by atoms with Crippen LogP contribution in [0.1, 0.15) is 49.2 Å². The van der Waals surface area contributed by atoms with Gasteiger partial charge in [0.15, 0.2) is 5.11 Å². The summed E-state index contributed by atoms with van der Waals surface area (Å²) in [5, 5.41) is 7.08. The minimum atomic E-state index is -0.336. The number of hydrogen-bond donors (Lipinski definition) is 2. The Balaban J connectivity index is 2.06. The molecule has 0 aliphatic heterocycles. The summed E-state index contributed by atoms with van der Waals surface area (Å²) in [4.78, 5) is 11.9. The summed E-state index contributed by atoms with van der Waals surface area (Å²) in [6.45, 7) is 6.52. The minimum absolute atomic E-state index is 0.129. The Morgan fingerprint density at radius 3 is 2.50 bits per heavy atom. The van der Waals surface area contributed by atoms with E-state index in [0.29, 0.717) is 23.2 Å². The second-order valence-electron chi connectivity index (χ2n) is 6.49. The fourth-order valence-corrected chi connectivity index (χ4v) is 2.96. The zero-order valence-corrected chi connectivity index (χ0v) is 16.3. The van der Waals surface area contributed by atoms with Gasteiger partial charge in [0.05, 0.1) is 18.2 Å². The van der Waals surface area contributed by atoms with Crippen LogP contribution in [-0.2, 0) is 4.74 Å². The van der Waals surface area contributed by atoms with Crippen LogP contribution < -0.4 is 10.6 Å². The molecular formula is C21H26N2O2S. The summed E-state index contributed by atoms with van der Waals surface area (Å²) in [7, 11) is 0. The smallest absolute Gasteiger partial charge is 0.338 e. The van der Waals surface area contributed by atoms with Gasteiger partial charge in [-0.2, -0.15) is 0 Å². The minimum Gasteiger partial charge on any atom is -0.462 e. The molecule has 0 aliphatic rings. The number of nitrogens with one attached hydrogen (secondary N) is 2. The molecule has 0 aromatic heterocycles. The molecule has 0 amide bonds. The van der Waals surface area contributed by atoms with Gasteiger partial charge in [-0.15, -0.1) is 0 Å². The predicted octanol–water partition coefficient (Wildman–Crippen LogP) is 4.94. The highest BCUT2D eigenvalue weighted by atomic mass is 32.1. The molecule has 0 saturated carbocycles. The van der Waals surface area contributed by atoms with Gasteiger partial charge in [-0.05, 0) is 55.2 Å². The molecule has 0 spiro atoms. The highest BCUT2D eigenvalue weighted by Gasteiger charge is 2.15. The van der Waals surface area contributed by atoms with Crippen LogP contribution >= 0.6 is 12.2 Å². The van der Waals surface area contributed by atoms with Crippen LogP contribution in [0.5, 0.6) is 0 Å². The summed E-state index contributed by atoms with van der Waals surface area (Å²) in [5.41, 5.74) is 2.46. The molecule has 2 N–H and O–H groups in total. The Bertz CT molecular complexity index is 732. The highest BCUT2D eigenvalue weighted by molar-refractivity contribution is 7.80. The lowest BCUT2D eigenvalue weighted by molar-refractivity contribution is 0.0526. The molecule has 0 aliphatic carbocycles. The molecule has 0 unspecified atom stereocenters. The van der Waals surface area contributed by atoms with Gasteiger partial charge in [0.25, 0.3) is 0 Å². The van der Waals surface area contributed by atoms with Crippen molar-refractivity contribution < 1.29 is 9.53 Å². The van der Waals surface area contributed by atoms with Crippen molar-refractivity contribution in [3.63, 3.8) is 0 Å². The van der Waals surface area contributed by atoms with Crippen molar-refractivity contribution in [2.24, 2.45) is 5.92 Å². The van der Waals surface area contributed by atoms with Crippen molar-refractivity contribution >= 4 is 29.0 Å². The fraction of sp³-hybridized carbons (Fsp3) is 0.333. The number of thiocarbonyl (C=S) groups is 1. The van der Waals surface area contributed by atoms with E-state index in [1.807, 2.05) is 24.3 Å². The maximum Gasteiger partial charge on any atom is 0.338 e. The topological polar surface area (TPSA) is 50.4 Å². The summed E-state index contributed by atoms with van der Waals surface area (Å²) < 4.78 is 5.04. The van der Waals surface area contributed by atoms with Gasteiger partial charge in [-0.1, -0.05) is 50.2 Å². The molecule has 2 rings (SSSR count). The first kappa shape index (κ1) is 19.9. The van der Waals surface area contributed by atoms with E-state index in [0.717, 1.165) is 12.1 Å². The van der Waals surface area contributed by atoms with Crippen LogP contribution in [0.25, 0.3) is 0 Å². The van der Waals surface area contributed by atoms with Gasteiger partial charge < -0.3 is 15.4 Å². The van der Waals surface area contributed by atoms with Crippen molar-refractivity contribution in [3.8, 4) is 0 Å². The average Bonchev–Trinajstić information content (AvgIpc) is 2.62. The summed E-state index contributed by atoms with van der Waals surface area (Å²) >= 11 is 5.49. The second kappa shape index (κ2) is 9.92. The lowest BCUT2D eigenvalue weighted by atomic mass is 9.97. The van der Waals surface area contributed by atoms with Crippen molar-refractivity contribution in [2.45, 2.75) is 33.2 Å². The van der Waals surface area contributed by atoms with Gasteiger partial charge in [-0.3, -0.25) is 0 Å². The van der Waals surface area contributed by atoms with Crippen molar-refractivity contribution in [2.75, 3.05) is 11.9 Å². The molecule has 0 saturated heterocycles. The van der Waals surface area contributed by atoms with Crippen LogP contribution in [0.4, 0.5) is 5.69 Å². The maximum absolute atomic E-state index is 11.9. The van der Waals surface area contributed by atoms with Gasteiger partial charge in [0, 0.05) is 5.69 Å². The van der Waals surface area contributed by atoms with E-state index in [9.17, 15) is 4.79 Å². The van der Waals surface area contributed by atoms with E-state index >= 15 is 0 Å². The predicted molar refractivity (Wildman–Crippen MR) is 110 cm³/mol. The quantitative estimate of drug-likeness (QED) is 0.534. The van der Waals surface area contributed by atoms with E-state index < -0.39 is 0 Å². The van der Waals surface area contributed by atoms with Gasteiger partial charge in [0.2, 0.25) is 0 Å². The Morgan fingerprint density at radius 2 is 1.85 bits per heavy atom. The zero-order chi connectivity index (χ0) is 18.9. The van der Waals surface area contributed by atoms with E-state index in [2.05, 4.69) is 36.6 Å². The number of esters is 1. The van der Waals surface area contributed by atoms with E-state index in [1.54, 1.807) is 25.1 Å². The Hall–Kier alpha value is -2.40. The number of rotatable bonds is 7. The SMILES string of the molecule is CCOC(=O)c1cccc(NC(=S)N[C@@H](CC(C)C)c2ccccc2)c1. The van der Waals surface area contributed by atoms with E-state index in [1.165, 1.54) is 5.56 Å². The van der Waals surface area contributed by atoms with Crippen LogP contribution in [0.3, 0.4) is 0 Å². The highest BCUT2D eigenvalue weighted by Crippen LogP contribution is 2.21. The number of carbonyl (C=O) groups is 1. The third-order valence-corrected chi connectivity index (χ3v) is 4.07. The monoisotopic (exact) mass is 370 g/mol. The Labute approximate surface area is 161 Å². The first-order valence-corrected chi connectivity index (χ1v) is 9.30. The number of hydrogen-bond acceptors (Lipinski definition) is 3. The Morgan fingerprint density at radius 1 is 1.12 bits per heavy atom. The van der Waals surface area contributed by atoms with Crippen LogP contribution in [0, 0.1) is 5.92 Å². The van der Waals surface area contributed by atoms with E-state index in [-0.39, 0.29) is 12.0 Å². The first-order chi connectivity index (χ1) is 12.5. The van der Waals surface area contributed by atoms with Gasteiger partial charge >= 0.3 is 5.97 Å². The standard InChI is InChI=1S/C21H26N2O2S/c1-4-25-20(24)17-11-8-12-18(14-17)22-21(26)23-19(13-15(2)3)16-9-6-5-7-10-16/h5-12,14-15,19H,4,13H2,1-3H3,(H2,22,23,26)/t19-/m0/s1. The molecule has 138 valence electrons. The van der Waals surface area contributed by atoms with Crippen molar-refractivity contribution in [1.82, 2.24) is 5.32 Å². The van der Waals surface area contributed by atoms with Gasteiger partial charge in [-0.25, -0.2) is 4.79 Å². The van der Waals surface area contributed by atoms with Crippen LogP contribution in [0.15, 0.2) is 54.6 Å². The second-order valence-corrected chi connectivity index (χ2v) is 6.90. The molecule has 0 bridgehead atoms. The third kappa shape index (κ3) is 6.15. The molecule has 4 nitrogen and oxygen atoms in total. The van der Waals surface area contributed by atoms with Crippen molar-refractivity contribution in [1.29, 1.82) is 0 Å². The summed E-state index contributed by atoms with van der Waals surface area (Å²) in [5.74, 6) is 0.194. The van der Waals surface area contributed by atoms with E-state index in [4.69, 9.17) is 17.0 Å². The molecule has 2 aromatic carbocycles. The number of anilines is 1. The lowest BCUT2D eigenvalue weighted by Gasteiger charge is -2.23. The Kier molecular flexibility index (Phi) is 7.60. The molecule has 5 heteroatoms. The zero-order valence-electron chi connectivity index (χ0n) is 15.5. The molecule has 0 fully saturated rings. The van der Waals surface area contributed by atoms with Gasteiger partial charge in [0.1, 0.15) is 0 Å². The summed E-state index contributed by atoms with van der Waals surface area (Å²) in [6.07, 6.45) is 0.967. The molecule has 26 heavy (non-hydrogen) atoms. The number of ether oxygens (including phenoxy) is 1. The largest absolute Gasteiger partial charge is 0.462 e. The normalized spacial score (nSPS) is 11.7. The fourth-order valence-electron chi connectivity index (χ4n) is 2.70. The molecule has 2 aromatic rings. The lowest BCUT2D eigenvalue weighted by Crippen LogP contribution is -2.33. The maximum atomic E-state index is 11.9. The number of benzene rings is 2. The first-order valence-electron chi connectivity index (χ1n) is 8.89. The summed E-state index contributed by atoms with van der Waals surface area (Å²) in [6, 6.07) is 17.5. The van der Waals surface area contributed by atoms with Crippen LogP contribution in [0.2, 0.25) is 0 Å². The molecule has 0 radical (unpaired) electrons. The average molecular weight is 371 g/mol. The third-order valence-electron chi connectivity index (χ3n) is 3.85. The molecule has 0 heterocycles.